The van der Waals surface area contributed by atoms with Crippen LogP contribution in [-0.4, -0.2) is 5.33 Å². The van der Waals surface area contributed by atoms with Crippen LogP contribution in [-0.2, 0) is 0 Å². The van der Waals surface area contributed by atoms with E-state index in [2.05, 4.69) is 47.2 Å². The van der Waals surface area contributed by atoms with Gasteiger partial charge in [0.05, 0.1) is 0 Å². The Morgan fingerprint density at radius 1 is 0.923 bits per heavy atom. The number of alkyl halides is 1. The first-order valence-electron chi connectivity index (χ1n) is 5.29. The van der Waals surface area contributed by atoms with Crippen molar-refractivity contribution in [2.75, 3.05) is 5.33 Å². The second kappa shape index (κ2) is 12.0. The first-order valence-corrected chi connectivity index (χ1v) is 6.41. The van der Waals surface area contributed by atoms with Gasteiger partial charge >= 0.3 is 0 Å². The Morgan fingerprint density at radius 3 is 2.08 bits per heavy atom. The highest BCUT2D eigenvalue weighted by Crippen LogP contribution is 2.00. The van der Waals surface area contributed by atoms with E-state index in [1.807, 2.05) is 0 Å². The van der Waals surface area contributed by atoms with Crippen LogP contribution in [0.25, 0.3) is 0 Å². The number of hydrogen-bond acceptors (Lipinski definition) is 0. The molecule has 0 N–H and O–H groups in total. The lowest BCUT2D eigenvalue weighted by atomic mass is 10.2. The summed E-state index contributed by atoms with van der Waals surface area (Å²) >= 11 is 3.42. The van der Waals surface area contributed by atoms with Crippen molar-refractivity contribution < 1.29 is 0 Å². The molecule has 0 atom stereocenters. The van der Waals surface area contributed by atoms with Gasteiger partial charge in [-0.25, -0.2) is 0 Å². The predicted molar refractivity (Wildman–Crippen MR) is 65.5 cm³/mol. The normalized spacial score (nSPS) is 11.8. The van der Waals surface area contributed by atoms with Crippen LogP contribution in [0.15, 0.2) is 24.3 Å². The average molecular weight is 245 g/mol. The molecule has 0 aromatic rings. The molecule has 0 radical (unpaired) electrons. The van der Waals surface area contributed by atoms with Gasteiger partial charge in [0.2, 0.25) is 0 Å². The highest BCUT2D eigenvalue weighted by Gasteiger charge is 1.80. The van der Waals surface area contributed by atoms with Crippen LogP contribution < -0.4 is 0 Å². The maximum atomic E-state index is 3.42. The Hall–Kier alpha value is -0.0400. The van der Waals surface area contributed by atoms with Crippen LogP contribution >= 0.6 is 15.9 Å². The lowest BCUT2D eigenvalue weighted by Crippen LogP contribution is -1.72. The Labute approximate surface area is 91.2 Å². The number of hydrogen-bond donors (Lipinski definition) is 0. The number of rotatable bonds is 8. The third-order valence-electron chi connectivity index (χ3n) is 1.86. The third-order valence-corrected chi connectivity index (χ3v) is 2.42. The molecule has 0 heterocycles. The zero-order chi connectivity index (χ0) is 9.78. The fourth-order valence-corrected chi connectivity index (χ4v) is 1.42. The quantitative estimate of drug-likeness (QED) is 0.325. The zero-order valence-electron chi connectivity index (χ0n) is 8.64. The van der Waals surface area contributed by atoms with Crippen molar-refractivity contribution in [3.05, 3.63) is 24.3 Å². The molecule has 0 aromatic carbocycles. The highest BCUT2D eigenvalue weighted by molar-refractivity contribution is 9.09. The van der Waals surface area contributed by atoms with Gasteiger partial charge in [-0.05, 0) is 25.7 Å². The molecule has 76 valence electrons. The number of halogens is 1. The summed E-state index contributed by atoms with van der Waals surface area (Å²) in [5, 5.41) is 1.13. The van der Waals surface area contributed by atoms with E-state index in [9.17, 15) is 0 Å². The highest BCUT2D eigenvalue weighted by atomic mass is 79.9. The molecule has 0 saturated carbocycles. The van der Waals surface area contributed by atoms with Crippen molar-refractivity contribution in [1.29, 1.82) is 0 Å². The van der Waals surface area contributed by atoms with Gasteiger partial charge in [-0.2, -0.15) is 0 Å². The van der Waals surface area contributed by atoms with E-state index < -0.39 is 0 Å². The maximum absolute atomic E-state index is 3.42. The van der Waals surface area contributed by atoms with E-state index in [0.29, 0.717) is 0 Å². The van der Waals surface area contributed by atoms with Crippen LogP contribution in [0.4, 0.5) is 0 Å². The van der Waals surface area contributed by atoms with Crippen LogP contribution in [0.2, 0.25) is 0 Å². The first kappa shape index (κ1) is 13.0. The summed E-state index contributed by atoms with van der Waals surface area (Å²) in [7, 11) is 0. The molecule has 0 spiro atoms. The second-order valence-corrected chi connectivity index (χ2v) is 3.98. The minimum Gasteiger partial charge on any atom is -0.0928 e. The molecule has 0 aliphatic carbocycles. The topological polar surface area (TPSA) is 0 Å². The molecule has 0 aliphatic rings. The maximum Gasteiger partial charge on any atom is 0.00314 e. The SMILES string of the molecule is CCCC/C=C/C=C\CCCCBr. The molecule has 0 saturated heterocycles. The van der Waals surface area contributed by atoms with Crippen molar-refractivity contribution in [2.45, 2.75) is 45.4 Å². The third kappa shape index (κ3) is 12.0. The van der Waals surface area contributed by atoms with Gasteiger partial charge in [0.15, 0.2) is 0 Å². The molecule has 0 rings (SSSR count). The Kier molecular flexibility index (Phi) is 11.9. The molecular formula is C12H21Br. The molecule has 0 nitrogen and oxygen atoms in total. The zero-order valence-corrected chi connectivity index (χ0v) is 10.2. The molecular weight excluding hydrogens is 224 g/mol. The summed E-state index contributed by atoms with van der Waals surface area (Å²) in [5.74, 6) is 0. The summed E-state index contributed by atoms with van der Waals surface area (Å²) in [5.41, 5.74) is 0. The summed E-state index contributed by atoms with van der Waals surface area (Å²) in [6.45, 7) is 2.23. The molecule has 0 aromatic heterocycles. The van der Waals surface area contributed by atoms with Crippen molar-refractivity contribution in [2.24, 2.45) is 0 Å². The van der Waals surface area contributed by atoms with Crippen LogP contribution in [0.1, 0.15) is 45.4 Å². The van der Waals surface area contributed by atoms with E-state index in [4.69, 9.17) is 0 Å². The van der Waals surface area contributed by atoms with E-state index in [0.717, 1.165) is 5.33 Å². The van der Waals surface area contributed by atoms with Crippen molar-refractivity contribution in [3.8, 4) is 0 Å². The van der Waals surface area contributed by atoms with Gasteiger partial charge < -0.3 is 0 Å². The molecule has 0 fully saturated rings. The molecule has 1 heteroatoms. The van der Waals surface area contributed by atoms with E-state index >= 15 is 0 Å². The van der Waals surface area contributed by atoms with E-state index in [1.165, 1.54) is 38.5 Å². The van der Waals surface area contributed by atoms with Crippen LogP contribution in [0.3, 0.4) is 0 Å². The fraction of sp³-hybridized carbons (Fsp3) is 0.667. The average Bonchev–Trinajstić information content (AvgIpc) is 2.16. The number of allylic oxidation sites excluding steroid dienone is 4. The van der Waals surface area contributed by atoms with Gasteiger partial charge in [0.25, 0.3) is 0 Å². The van der Waals surface area contributed by atoms with Crippen LogP contribution in [0.5, 0.6) is 0 Å². The minimum absolute atomic E-state index is 1.13. The Bertz CT molecular complexity index is 136. The monoisotopic (exact) mass is 244 g/mol. The van der Waals surface area contributed by atoms with E-state index in [1.54, 1.807) is 0 Å². The summed E-state index contributed by atoms with van der Waals surface area (Å²) in [6.07, 6.45) is 16.5. The van der Waals surface area contributed by atoms with Crippen molar-refractivity contribution >= 4 is 15.9 Å². The first-order chi connectivity index (χ1) is 6.41. The number of unbranched alkanes of at least 4 members (excludes halogenated alkanes) is 4. The van der Waals surface area contributed by atoms with Crippen molar-refractivity contribution in [1.82, 2.24) is 0 Å². The summed E-state index contributed by atoms with van der Waals surface area (Å²) in [4.78, 5) is 0. The molecule has 0 aliphatic heterocycles. The summed E-state index contributed by atoms with van der Waals surface area (Å²) < 4.78 is 0. The molecule has 0 unspecified atom stereocenters. The smallest absolute Gasteiger partial charge is 0.00314 e. The fourth-order valence-electron chi connectivity index (χ4n) is 1.03. The van der Waals surface area contributed by atoms with Gasteiger partial charge in [0.1, 0.15) is 0 Å². The van der Waals surface area contributed by atoms with E-state index in [-0.39, 0.29) is 0 Å². The molecule has 0 bridgehead atoms. The lowest BCUT2D eigenvalue weighted by Gasteiger charge is -1.89. The van der Waals surface area contributed by atoms with Crippen molar-refractivity contribution in [3.63, 3.8) is 0 Å². The Balaban J connectivity index is 3.15. The van der Waals surface area contributed by atoms with Gasteiger partial charge in [-0.3, -0.25) is 0 Å². The minimum atomic E-state index is 1.13. The van der Waals surface area contributed by atoms with Gasteiger partial charge in [0, 0.05) is 5.33 Å². The molecule has 13 heavy (non-hydrogen) atoms. The van der Waals surface area contributed by atoms with Gasteiger partial charge in [-0.15, -0.1) is 0 Å². The molecule has 0 amide bonds. The van der Waals surface area contributed by atoms with Crippen LogP contribution in [0, 0.1) is 0 Å². The largest absolute Gasteiger partial charge is 0.0928 e. The Morgan fingerprint density at radius 2 is 1.54 bits per heavy atom. The summed E-state index contributed by atoms with van der Waals surface area (Å²) in [6, 6.07) is 0. The lowest BCUT2D eigenvalue weighted by molar-refractivity contribution is 0.814. The second-order valence-electron chi connectivity index (χ2n) is 3.18. The predicted octanol–water partition coefficient (Wildman–Crippen LogP) is 4.85. The standard InChI is InChI=1S/C12H21Br/c1-2-3-4-5-6-7-8-9-10-11-12-13/h5-8H,2-4,9-12H2,1H3/b6-5+,8-7-. The van der Waals surface area contributed by atoms with Gasteiger partial charge in [-0.1, -0.05) is 60.0 Å².